The van der Waals surface area contributed by atoms with Crippen LogP contribution in [-0.2, 0) is 23.9 Å². The van der Waals surface area contributed by atoms with E-state index >= 15 is 0 Å². The van der Waals surface area contributed by atoms with Crippen LogP contribution in [0.25, 0.3) is 0 Å². The fourth-order valence-electron chi connectivity index (χ4n) is 10.4. The third-order valence-corrected chi connectivity index (χ3v) is 12.8. The van der Waals surface area contributed by atoms with Gasteiger partial charge in [0.15, 0.2) is 11.5 Å². The minimum Gasteiger partial charge on any atom is -0.504 e. The molecule has 11 heteroatoms. The molecule has 11 nitrogen and oxygen atoms in total. The molecule has 278 valence electrons. The average molecular weight is 699 g/mol. The predicted molar refractivity (Wildman–Crippen MR) is 186 cm³/mol. The number of phenols is 1. The molecular weight excluding hydrogens is 640 g/mol. The minimum absolute atomic E-state index is 0.0153. The maximum Gasteiger partial charge on any atom is 0.332 e. The number of benzene rings is 1. The molecule has 0 unspecified atom stereocenters. The van der Waals surface area contributed by atoms with Crippen LogP contribution < -0.4 is 15.4 Å². The second-order valence-electron chi connectivity index (χ2n) is 15.9. The van der Waals surface area contributed by atoms with E-state index in [1.54, 1.807) is 13.0 Å². The maximum absolute atomic E-state index is 14.8. The predicted octanol–water partition coefficient (Wildman–Crippen LogP) is 4.74. The van der Waals surface area contributed by atoms with Crippen molar-refractivity contribution in [3.63, 3.8) is 0 Å². The van der Waals surface area contributed by atoms with Crippen LogP contribution in [0.5, 0.6) is 11.5 Å². The number of amides is 1. The Morgan fingerprint density at radius 1 is 1.06 bits per heavy atom. The van der Waals surface area contributed by atoms with Gasteiger partial charge < -0.3 is 40.2 Å². The Balaban J connectivity index is 1.42. The van der Waals surface area contributed by atoms with Gasteiger partial charge in [-0.3, -0.25) is 9.59 Å². The van der Waals surface area contributed by atoms with E-state index in [9.17, 15) is 29.7 Å². The zero-order valence-corrected chi connectivity index (χ0v) is 29.9. The van der Waals surface area contributed by atoms with Crippen molar-refractivity contribution in [1.29, 1.82) is 0 Å². The van der Waals surface area contributed by atoms with Crippen molar-refractivity contribution in [2.24, 2.45) is 17.3 Å². The Hall–Kier alpha value is -2.89. The first kappa shape index (κ1) is 36.9. The van der Waals surface area contributed by atoms with Crippen LogP contribution in [-0.4, -0.2) is 83.3 Å². The summed E-state index contributed by atoms with van der Waals surface area (Å²) in [7, 11) is 0. The molecule has 2 aliphatic carbocycles. The molecule has 6 rings (SSSR count). The lowest BCUT2D eigenvalue weighted by Gasteiger charge is -2.53. The van der Waals surface area contributed by atoms with Gasteiger partial charge in [0.25, 0.3) is 0 Å². The monoisotopic (exact) mass is 698 g/mol. The summed E-state index contributed by atoms with van der Waals surface area (Å²) in [6, 6.07) is 3.73. The van der Waals surface area contributed by atoms with Crippen LogP contribution in [0, 0.1) is 17.3 Å². The lowest BCUT2D eigenvalue weighted by molar-refractivity contribution is -0.180. The standard InChI is InChI=1S/C39H58N2O9/c1-24(43)6-5-8-28(49-25(2)44)22-33(50-37(47)39-16-4-3-7-27(39)9-14-34(46)41-39)38(17-19-40-20-18-38)31-12-10-29-26(15-21-42)23-48-36-32(45)13-11-30(31)35(29)36/h11,13,24,26-29,31,33,40,42-43,45H,3-10,12,14-23H2,1-2H3,(H,41,46)/t24-,26-,27+,28+,29+,31+,33+,39+/m0/s1. The number of phenolic OH excluding ortho intramolecular Hbond substituents is 1. The smallest absolute Gasteiger partial charge is 0.332 e. The summed E-state index contributed by atoms with van der Waals surface area (Å²) in [4.78, 5) is 40.1. The number of piperidine rings is 2. The maximum atomic E-state index is 14.8. The van der Waals surface area contributed by atoms with Gasteiger partial charge in [0.2, 0.25) is 5.91 Å². The summed E-state index contributed by atoms with van der Waals surface area (Å²) < 4.78 is 19.0. The normalized spacial score (nSPS) is 30.4. The number of carbonyl (C=O) groups excluding carboxylic acids is 3. The van der Waals surface area contributed by atoms with Crippen LogP contribution in [0.15, 0.2) is 12.1 Å². The number of hydrogen-bond donors (Lipinski definition) is 5. The van der Waals surface area contributed by atoms with Crippen molar-refractivity contribution >= 4 is 17.8 Å². The highest BCUT2D eigenvalue weighted by Crippen LogP contribution is 2.60. The van der Waals surface area contributed by atoms with Gasteiger partial charge >= 0.3 is 11.9 Å². The van der Waals surface area contributed by atoms with E-state index in [1.165, 1.54) is 6.92 Å². The van der Waals surface area contributed by atoms with Crippen molar-refractivity contribution in [3.8, 4) is 11.5 Å². The highest BCUT2D eigenvalue weighted by molar-refractivity contribution is 5.90. The number of aromatic hydroxyl groups is 1. The van der Waals surface area contributed by atoms with Crippen molar-refractivity contribution in [2.45, 2.75) is 146 Å². The second kappa shape index (κ2) is 15.8. The minimum atomic E-state index is -1.07. The molecule has 5 aliphatic rings. The highest BCUT2D eigenvalue weighted by Gasteiger charge is 2.56. The molecule has 0 spiro atoms. The molecule has 1 saturated carbocycles. The molecule has 5 N–H and O–H groups in total. The quantitative estimate of drug-likeness (QED) is 0.182. The number of ether oxygens (including phenoxy) is 3. The first-order valence-corrected chi connectivity index (χ1v) is 19.3. The van der Waals surface area contributed by atoms with Gasteiger partial charge in [-0.15, -0.1) is 0 Å². The van der Waals surface area contributed by atoms with E-state index < -0.39 is 35.2 Å². The molecule has 0 radical (unpaired) electrons. The molecule has 1 amide bonds. The summed E-state index contributed by atoms with van der Waals surface area (Å²) in [5.74, 6) is -0.0171. The van der Waals surface area contributed by atoms with Gasteiger partial charge in [-0.05, 0) is 120 Å². The van der Waals surface area contributed by atoms with Crippen molar-refractivity contribution < 1.29 is 43.9 Å². The van der Waals surface area contributed by atoms with E-state index in [2.05, 4.69) is 10.6 Å². The van der Waals surface area contributed by atoms with Gasteiger partial charge in [-0.2, -0.15) is 0 Å². The summed E-state index contributed by atoms with van der Waals surface area (Å²) in [5, 5.41) is 37.5. The summed E-state index contributed by atoms with van der Waals surface area (Å²) in [5.41, 5.74) is 0.498. The number of nitrogens with one attached hydrogen (secondary N) is 2. The number of fused-ring (bicyclic) bond motifs is 1. The molecule has 8 atom stereocenters. The third-order valence-electron chi connectivity index (χ3n) is 12.8. The van der Waals surface area contributed by atoms with E-state index in [-0.39, 0.29) is 47.9 Å². The molecule has 3 fully saturated rings. The molecular formula is C39H58N2O9. The Morgan fingerprint density at radius 3 is 2.60 bits per heavy atom. The van der Waals surface area contributed by atoms with Gasteiger partial charge in [-0.1, -0.05) is 18.9 Å². The number of esters is 2. The second-order valence-corrected chi connectivity index (χ2v) is 15.9. The zero-order chi connectivity index (χ0) is 35.5. The molecule has 0 aromatic heterocycles. The molecule has 3 heterocycles. The fraction of sp³-hybridized carbons (Fsp3) is 0.769. The Bertz CT molecular complexity index is 1380. The number of aliphatic hydroxyl groups excluding tert-OH is 2. The first-order valence-electron chi connectivity index (χ1n) is 19.3. The molecule has 50 heavy (non-hydrogen) atoms. The van der Waals surface area contributed by atoms with Crippen molar-refractivity contribution in [3.05, 3.63) is 23.3 Å². The lowest BCUT2D eigenvalue weighted by atomic mass is 9.56. The van der Waals surface area contributed by atoms with E-state index in [0.717, 1.165) is 69.2 Å². The summed E-state index contributed by atoms with van der Waals surface area (Å²) in [6.07, 6.45) is 8.47. The van der Waals surface area contributed by atoms with Crippen LogP contribution in [0.3, 0.4) is 0 Å². The van der Waals surface area contributed by atoms with Crippen LogP contribution in [0.2, 0.25) is 0 Å². The van der Waals surface area contributed by atoms with Crippen molar-refractivity contribution in [1.82, 2.24) is 10.6 Å². The fourth-order valence-corrected chi connectivity index (χ4v) is 10.4. The Labute approximate surface area is 296 Å². The van der Waals surface area contributed by atoms with Crippen LogP contribution >= 0.6 is 0 Å². The van der Waals surface area contributed by atoms with E-state index in [0.29, 0.717) is 63.7 Å². The Morgan fingerprint density at radius 2 is 1.86 bits per heavy atom. The number of carbonyl (C=O) groups is 3. The van der Waals surface area contributed by atoms with E-state index in [4.69, 9.17) is 14.2 Å². The molecule has 3 aliphatic heterocycles. The average Bonchev–Trinajstić information content (AvgIpc) is 3.09. The van der Waals surface area contributed by atoms with Gasteiger partial charge in [0.05, 0.1) is 12.7 Å². The largest absolute Gasteiger partial charge is 0.504 e. The van der Waals surface area contributed by atoms with Gasteiger partial charge in [-0.25, -0.2) is 4.79 Å². The Kier molecular flexibility index (Phi) is 11.6. The van der Waals surface area contributed by atoms with E-state index in [1.807, 2.05) is 6.07 Å². The number of hydrogen-bond acceptors (Lipinski definition) is 10. The zero-order valence-electron chi connectivity index (χ0n) is 29.9. The summed E-state index contributed by atoms with van der Waals surface area (Å²) >= 11 is 0. The van der Waals surface area contributed by atoms with Gasteiger partial charge in [0, 0.05) is 43.3 Å². The SMILES string of the molecule is CC(=O)O[C@H](CCC[C@H](C)O)C[C@@H](OC(=O)[C@@]12CCCC[C@@H]1CCC(=O)N2)C1([C@@H]2CC[C@H]3c4c2ccc(O)c4OC[C@@H]3CCO)CCNCC1. The van der Waals surface area contributed by atoms with Gasteiger partial charge in [0.1, 0.15) is 17.7 Å². The lowest BCUT2D eigenvalue weighted by Crippen LogP contribution is -2.65. The summed E-state index contributed by atoms with van der Waals surface area (Å²) in [6.45, 7) is 5.11. The molecule has 0 bridgehead atoms. The number of rotatable bonds is 13. The molecule has 2 saturated heterocycles. The van der Waals surface area contributed by atoms with Crippen LogP contribution in [0.1, 0.15) is 133 Å². The number of aliphatic hydroxyl groups is 2. The topological polar surface area (TPSA) is 164 Å². The van der Waals surface area contributed by atoms with Crippen molar-refractivity contribution in [2.75, 3.05) is 26.3 Å². The third kappa shape index (κ3) is 7.37. The molecule has 1 aromatic rings. The molecule has 1 aromatic carbocycles. The van der Waals surface area contributed by atoms with Crippen LogP contribution in [0.4, 0.5) is 0 Å². The highest BCUT2D eigenvalue weighted by atomic mass is 16.6. The first-order chi connectivity index (χ1) is 24.1.